The third kappa shape index (κ3) is 4.31. The molecule has 166 valence electrons. The maximum absolute atomic E-state index is 13.5. The van der Waals surface area contributed by atoms with Gasteiger partial charge in [-0.15, -0.1) is 24.8 Å². The van der Waals surface area contributed by atoms with Gasteiger partial charge in [-0.1, -0.05) is 0 Å². The molecule has 0 aromatic carbocycles. The molecule has 9 heteroatoms. The second-order valence-electron chi connectivity index (χ2n) is 8.77. The van der Waals surface area contributed by atoms with E-state index in [1.807, 2.05) is 21.8 Å². The summed E-state index contributed by atoms with van der Waals surface area (Å²) in [7, 11) is 0. The summed E-state index contributed by atoms with van der Waals surface area (Å²) in [6, 6.07) is 2.77. The molecule has 1 saturated carbocycles. The number of carbonyl (C=O) groups is 1. The van der Waals surface area contributed by atoms with Gasteiger partial charge in [0.2, 0.25) is 0 Å². The number of rotatable bonds is 4. The van der Waals surface area contributed by atoms with E-state index < -0.39 is 0 Å². The summed E-state index contributed by atoms with van der Waals surface area (Å²) in [5.74, 6) is 0.661. The van der Waals surface area contributed by atoms with Crippen molar-refractivity contribution < 1.29 is 4.79 Å². The van der Waals surface area contributed by atoms with Crippen molar-refractivity contribution in [3.05, 3.63) is 23.5 Å². The lowest BCUT2D eigenvalue weighted by molar-refractivity contribution is 0.0775. The molecule has 7 nitrogen and oxygen atoms in total. The Kier molecular flexibility index (Phi) is 7.28. The van der Waals surface area contributed by atoms with Crippen LogP contribution < -0.4 is 5.32 Å². The molecule has 3 aliphatic rings. The number of piperazine rings is 1. The maximum Gasteiger partial charge on any atom is 0.254 e. The van der Waals surface area contributed by atoms with Gasteiger partial charge in [-0.25, -0.2) is 9.67 Å². The predicted molar refractivity (Wildman–Crippen MR) is 123 cm³/mol. The van der Waals surface area contributed by atoms with Crippen LogP contribution in [0.2, 0.25) is 0 Å². The fraction of sp³-hybridized carbons (Fsp3) is 0.667. The Morgan fingerprint density at radius 2 is 1.87 bits per heavy atom. The molecule has 0 radical (unpaired) electrons. The van der Waals surface area contributed by atoms with E-state index in [0.717, 1.165) is 68.0 Å². The molecule has 30 heavy (non-hydrogen) atoms. The highest BCUT2D eigenvalue weighted by Crippen LogP contribution is 2.40. The molecule has 2 aromatic rings. The number of carbonyl (C=O) groups excluding carboxylic acids is 1. The van der Waals surface area contributed by atoms with Gasteiger partial charge < -0.3 is 10.2 Å². The largest absolute Gasteiger partial charge is 0.337 e. The van der Waals surface area contributed by atoms with Crippen molar-refractivity contribution in [2.75, 3.05) is 39.3 Å². The van der Waals surface area contributed by atoms with Crippen LogP contribution in [0, 0.1) is 0 Å². The summed E-state index contributed by atoms with van der Waals surface area (Å²) < 4.78 is 1.95. The molecule has 0 spiro atoms. The summed E-state index contributed by atoms with van der Waals surface area (Å²) in [4.78, 5) is 23.0. The van der Waals surface area contributed by atoms with Crippen molar-refractivity contribution in [1.82, 2.24) is 29.9 Å². The number of nitrogens with one attached hydrogen (secondary N) is 1. The second kappa shape index (κ2) is 9.39. The summed E-state index contributed by atoms with van der Waals surface area (Å²) in [6.45, 7) is 10.2. The van der Waals surface area contributed by atoms with Crippen molar-refractivity contribution in [1.29, 1.82) is 0 Å². The molecule has 2 saturated heterocycles. The van der Waals surface area contributed by atoms with E-state index in [-0.39, 0.29) is 36.8 Å². The minimum Gasteiger partial charge on any atom is -0.337 e. The number of halogens is 2. The van der Waals surface area contributed by atoms with Crippen LogP contribution in [-0.4, -0.2) is 75.8 Å². The van der Waals surface area contributed by atoms with Gasteiger partial charge in [0, 0.05) is 63.0 Å². The van der Waals surface area contributed by atoms with Crippen LogP contribution in [0.1, 0.15) is 61.1 Å². The van der Waals surface area contributed by atoms with Gasteiger partial charge in [-0.2, -0.15) is 5.10 Å². The Bertz CT molecular complexity index is 891. The molecule has 0 bridgehead atoms. The van der Waals surface area contributed by atoms with Gasteiger partial charge in [-0.05, 0) is 39.2 Å². The fourth-order valence-corrected chi connectivity index (χ4v) is 4.62. The number of pyridine rings is 1. The lowest BCUT2D eigenvalue weighted by atomic mass is 10.1. The van der Waals surface area contributed by atoms with Crippen molar-refractivity contribution in [2.24, 2.45) is 0 Å². The van der Waals surface area contributed by atoms with Crippen LogP contribution in [0.25, 0.3) is 11.0 Å². The highest BCUT2D eigenvalue weighted by molar-refractivity contribution is 6.05. The molecule has 1 aliphatic carbocycles. The molecular formula is C21H32Cl2N6O. The van der Waals surface area contributed by atoms with Crippen molar-refractivity contribution in [3.8, 4) is 0 Å². The molecular weight excluding hydrogens is 423 g/mol. The van der Waals surface area contributed by atoms with E-state index in [1.54, 1.807) is 0 Å². The predicted octanol–water partition coefficient (Wildman–Crippen LogP) is 2.85. The first-order valence-corrected chi connectivity index (χ1v) is 10.7. The number of nitrogens with zero attached hydrogens (tertiary/aromatic N) is 5. The van der Waals surface area contributed by atoms with Crippen LogP contribution in [0.5, 0.6) is 0 Å². The number of likely N-dealkylation sites (tertiary alicyclic amines) is 1. The summed E-state index contributed by atoms with van der Waals surface area (Å²) in [5, 5.41) is 8.85. The number of hydrogen-bond donors (Lipinski definition) is 1. The van der Waals surface area contributed by atoms with E-state index >= 15 is 0 Å². The Labute approximate surface area is 190 Å². The lowest BCUT2D eigenvalue weighted by Crippen LogP contribution is -2.49. The van der Waals surface area contributed by atoms with Gasteiger partial charge in [0.05, 0.1) is 17.1 Å². The molecule has 2 aromatic heterocycles. The SMILES string of the molecule is CC(C)n1ncc2c(C(=O)N3CCC(N4CCNCC4)C3)cc(C3CC3)nc21.Cl.Cl. The fourth-order valence-electron chi connectivity index (χ4n) is 4.62. The van der Waals surface area contributed by atoms with Crippen molar-refractivity contribution in [3.63, 3.8) is 0 Å². The summed E-state index contributed by atoms with van der Waals surface area (Å²) in [6.07, 6.45) is 5.25. The average Bonchev–Trinajstić information content (AvgIpc) is 3.28. The van der Waals surface area contributed by atoms with Crippen LogP contribution >= 0.6 is 24.8 Å². The second-order valence-corrected chi connectivity index (χ2v) is 8.77. The first kappa shape index (κ1) is 23.3. The average molecular weight is 455 g/mol. The number of hydrogen-bond acceptors (Lipinski definition) is 5. The number of fused-ring (bicyclic) bond motifs is 1. The van der Waals surface area contributed by atoms with E-state index in [0.29, 0.717) is 12.0 Å². The normalized spacial score (nSPS) is 22.2. The van der Waals surface area contributed by atoms with Crippen molar-refractivity contribution >= 4 is 41.8 Å². The minimum atomic E-state index is 0. The van der Waals surface area contributed by atoms with E-state index in [2.05, 4.69) is 29.2 Å². The van der Waals surface area contributed by atoms with E-state index in [4.69, 9.17) is 4.98 Å². The molecule has 1 atom stereocenters. The minimum absolute atomic E-state index is 0. The molecule has 4 heterocycles. The Morgan fingerprint density at radius 3 is 2.53 bits per heavy atom. The summed E-state index contributed by atoms with van der Waals surface area (Å²) in [5.41, 5.74) is 2.72. The van der Waals surface area contributed by atoms with Crippen LogP contribution in [0.3, 0.4) is 0 Å². The van der Waals surface area contributed by atoms with Crippen LogP contribution in [0.15, 0.2) is 12.3 Å². The first-order valence-electron chi connectivity index (χ1n) is 10.7. The van der Waals surface area contributed by atoms with Crippen LogP contribution in [0.4, 0.5) is 0 Å². The highest BCUT2D eigenvalue weighted by atomic mass is 35.5. The quantitative estimate of drug-likeness (QED) is 0.768. The van der Waals surface area contributed by atoms with Gasteiger partial charge in [0.25, 0.3) is 5.91 Å². The molecule has 2 aliphatic heterocycles. The van der Waals surface area contributed by atoms with Gasteiger partial charge >= 0.3 is 0 Å². The van der Waals surface area contributed by atoms with E-state index in [9.17, 15) is 4.79 Å². The molecule has 1 N–H and O–H groups in total. The standard InChI is InChI=1S/C21H30N6O.2ClH/c1-14(2)27-20-18(12-23-27)17(11-19(24-20)15-3-4-15)21(28)26-8-5-16(13-26)25-9-6-22-7-10-25;;/h11-12,14-16,22H,3-10,13H2,1-2H3;2*1H. The monoisotopic (exact) mass is 454 g/mol. The van der Waals surface area contributed by atoms with Crippen molar-refractivity contribution in [2.45, 2.75) is 51.1 Å². The third-order valence-electron chi connectivity index (χ3n) is 6.42. The molecule has 5 rings (SSSR count). The Balaban J connectivity index is 0.00000128. The molecule has 3 fully saturated rings. The first-order chi connectivity index (χ1) is 13.6. The van der Waals surface area contributed by atoms with Crippen LogP contribution in [-0.2, 0) is 0 Å². The smallest absolute Gasteiger partial charge is 0.254 e. The zero-order chi connectivity index (χ0) is 19.3. The van der Waals surface area contributed by atoms with Gasteiger partial charge in [-0.3, -0.25) is 9.69 Å². The number of aromatic nitrogens is 3. The number of amides is 1. The van der Waals surface area contributed by atoms with Gasteiger partial charge in [0.15, 0.2) is 5.65 Å². The van der Waals surface area contributed by atoms with Gasteiger partial charge in [0.1, 0.15) is 0 Å². The Morgan fingerprint density at radius 1 is 1.13 bits per heavy atom. The lowest BCUT2D eigenvalue weighted by Gasteiger charge is -2.32. The summed E-state index contributed by atoms with van der Waals surface area (Å²) >= 11 is 0. The highest BCUT2D eigenvalue weighted by Gasteiger charge is 2.34. The molecule has 1 amide bonds. The Hall–Kier alpha value is -1.41. The zero-order valence-corrected chi connectivity index (χ0v) is 19.3. The van der Waals surface area contributed by atoms with E-state index in [1.165, 1.54) is 12.8 Å². The maximum atomic E-state index is 13.5. The molecule has 1 unspecified atom stereocenters. The third-order valence-corrected chi connectivity index (χ3v) is 6.42. The zero-order valence-electron chi connectivity index (χ0n) is 17.7. The topological polar surface area (TPSA) is 66.3 Å².